The van der Waals surface area contributed by atoms with E-state index in [1.54, 1.807) is 45.2 Å². The first-order chi connectivity index (χ1) is 50.3. The maximum Gasteiger partial charge on any atom is 0.407 e. The van der Waals surface area contributed by atoms with Crippen LogP contribution in [0.2, 0.25) is 0 Å². The molecular formula is C73H112N8O23. The van der Waals surface area contributed by atoms with Gasteiger partial charge in [-0.1, -0.05) is 39.5 Å². The number of alkyl carbamates (subject to hydrolysis) is 1. The van der Waals surface area contributed by atoms with E-state index in [1.165, 1.54) is 0 Å². The highest BCUT2D eigenvalue weighted by Crippen LogP contribution is 2.58. The number of Topliss-reactive ketones (excluding diaryl/α,β-unsaturated/α-hetero) is 1. The Labute approximate surface area is 608 Å². The molecule has 9 saturated heterocycles. The van der Waals surface area contributed by atoms with Gasteiger partial charge in [-0.25, -0.2) is 9.59 Å². The Morgan fingerprint density at radius 2 is 1.41 bits per heavy atom. The third-order valence-electron chi connectivity index (χ3n) is 21.5. The van der Waals surface area contributed by atoms with Crippen molar-refractivity contribution in [3.05, 3.63) is 42.0 Å². The van der Waals surface area contributed by atoms with Gasteiger partial charge in [0.15, 0.2) is 5.79 Å². The van der Waals surface area contributed by atoms with Crippen molar-refractivity contribution in [3.63, 3.8) is 0 Å². The summed E-state index contributed by atoms with van der Waals surface area (Å²) in [5.74, 6) is -3.39. The van der Waals surface area contributed by atoms with Crippen LogP contribution in [0, 0.1) is 17.8 Å². The summed E-state index contributed by atoms with van der Waals surface area (Å²) in [6.45, 7) is 15.0. The van der Waals surface area contributed by atoms with Crippen LogP contribution in [0.25, 0.3) is 0 Å². The van der Waals surface area contributed by atoms with Crippen LogP contribution >= 0.6 is 0 Å². The van der Waals surface area contributed by atoms with Gasteiger partial charge in [0.2, 0.25) is 23.4 Å². The minimum atomic E-state index is -1.36. The number of nitrogens with zero attached hydrogens (tertiary/aromatic N) is 1. The molecule has 12 aliphatic rings. The molecule has 10 N–H and O–H groups in total. The maximum atomic E-state index is 14.6. The Balaban J connectivity index is 0.641. The molecule has 0 saturated carbocycles. The molecular weight excluding hydrogens is 1360 g/mol. The second kappa shape index (κ2) is 38.1. The highest BCUT2D eigenvalue weighted by Gasteiger charge is 2.73. The summed E-state index contributed by atoms with van der Waals surface area (Å²) in [6, 6.07) is 3.71. The number of aliphatic hydroxyl groups is 1. The number of carbonyl (C=O) groups excluding carboxylic acids is 6. The third kappa shape index (κ3) is 20.9. The molecule has 0 aromatic heterocycles. The van der Waals surface area contributed by atoms with Gasteiger partial charge in [0.1, 0.15) is 55.0 Å². The quantitative estimate of drug-likeness (QED) is 0.0350. The number of hydrogen-bond acceptors (Lipinski definition) is 25. The monoisotopic (exact) mass is 1470 g/mol. The van der Waals surface area contributed by atoms with Crippen molar-refractivity contribution in [2.24, 2.45) is 34.2 Å². The summed E-state index contributed by atoms with van der Waals surface area (Å²) in [6.07, 6.45) is -0.636. The summed E-state index contributed by atoms with van der Waals surface area (Å²) in [4.78, 5) is 85.8. The van der Waals surface area contributed by atoms with Gasteiger partial charge < -0.3 is 119 Å². The highest BCUT2D eigenvalue weighted by atomic mass is 16.8. The van der Waals surface area contributed by atoms with E-state index in [2.05, 4.69) is 40.1 Å². The summed E-state index contributed by atoms with van der Waals surface area (Å²) >= 11 is 0. The van der Waals surface area contributed by atoms with Gasteiger partial charge in [-0.2, -0.15) is 0 Å². The maximum absolute atomic E-state index is 14.6. The molecule has 2 spiro atoms. The number of fused-ring (bicyclic) bond motifs is 5. The molecule has 31 nitrogen and oxygen atoms in total. The average Bonchev–Trinajstić information content (AvgIpc) is 1.50. The number of primary amides is 1. The van der Waals surface area contributed by atoms with Crippen molar-refractivity contribution < 1.29 is 110 Å². The number of benzene rings is 1. The van der Waals surface area contributed by atoms with E-state index in [1.807, 2.05) is 0 Å². The van der Waals surface area contributed by atoms with Crippen molar-refractivity contribution in [2.45, 2.75) is 245 Å². The number of urea groups is 1. The smallest absolute Gasteiger partial charge is 0.407 e. The van der Waals surface area contributed by atoms with E-state index in [-0.39, 0.29) is 132 Å². The molecule has 1 aromatic carbocycles. The SMILES string of the molecule is C=C1C[C@@H]2CC[C@@]34C[C@H]5OC6C(O[C@H]7CC[C@@H]8CC(=O)C[C@@H]9[C@@H](OC)[C@@H](C[C@H](O)CNC(=O)OCc%10ccc(NC(=O)[C@H](CCCNC(N)=O)NC(=O)[C@@H](NC(=O)CCOCCOCCOCCOCCOCCOCCN)C(C)C)cc%10)O[C@H]9C[C@H]9O[C@@H](CC[C@@H]1O2)C[C@@H](C)/C9=N/[C@@]7(O8)[C@@H]6O3)[C@H]5O4. The van der Waals surface area contributed by atoms with Gasteiger partial charge in [-0.15, -0.1) is 0 Å². The molecule has 104 heavy (non-hydrogen) atoms. The summed E-state index contributed by atoms with van der Waals surface area (Å²) in [5.41, 5.74) is 12.1. The van der Waals surface area contributed by atoms with Crippen molar-refractivity contribution in [2.75, 3.05) is 111 Å². The van der Waals surface area contributed by atoms with Crippen molar-refractivity contribution >= 4 is 47.0 Å². The molecule has 21 atom stereocenters. The number of ketones is 1. The molecule has 6 amide bonds. The fourth-order valence-electron chi connectivity index (χ4n) is 16.4. The molecule has 582 valence electrons. The molecule has 0 radical (unpaired) electrons. The number of nitrogens with two attached hydrogens (primary N) is 2. The van der Waals surface area contributed by atoms with E-state index in [9.17, 15) is 33.9 Å². The lowest BCUT2D eigenvalue weighted by molar-refractivity contribution is -0.330. The molecule has 2 unspecified atom stereocenters. The molecule has 31 heteroatoms. The lowest BCUT2D eigenvalue weighted by atomic mass is 9.79. The Hall–Kier alpha value is -5.43. The van der Waals surface area contributed by atoms with Crippen LogP contribution in [0.3, 0.4) is 0 Å². The fraction of sp³-hybridized carbons (Fsp3) is 0.795. The zero-order chi connectivity index (χ0) is 73.3. The van der Waals surface area contributed by atoms with Crippen molar-refractivity contribution in [3.8, 4) is 0 Å². The van der Waals surface area contributed by atoms with E-state index >= 15 is 0 Å². The standard InChI is InChI=1S/C73H112N8O23/c1-42(2)61(80-60(84)17-21-90-23-25-92-27-29-94-31-32-95-30-28-93-26-24-91-22-19-74)69(86)79-53(7-6-20-76-70(75)87)68(85)78-46-10-8-45(9-11-46)41-96-71(88)77-40-48(83)37-57-63(89-5)52-36-47(82)35-51-13-15-59-73(102-51)67-66-65(101-59)64-58(100-66)39-72(103-64,104-67)18-16-50-33-43(3)54(97-50)14-12-49-34-44(4)62(81-73)56(98-49)38-55(52)99-57/h8-11,42,44,48-59,61,63-67,83H,3,6-7,12-41,74H2,1-2,4-5H3,(H,77,88)(H,78,85)(H,79,86)(H,80,84)(H3,75,76,87)/b81-62-/t44-,48+,49+,50+,51-,52+,53+,54+,55+,56-,57-,58-,59+,61+,63-,64+,65?,66?,67-,72+,73+/m1/s1. The van der Waals surface area contributed by atoms with Crippen LogP contribution in [-0.2, 0) is 102 Å². The Morgan fingerprint density at radius 1 is 0.721 bits per heavy atom. The number of amides is 6. The summed E-state index contributed by atoms with van der Waals surface area (Å²) < 4.78 is 101. The van der Waals surface area contributed by atoms with Crippen LogP contribution < -0.4 is 38.1 Å². The number of aliphatic imine (C=N–C) groups is 1. The molecule has 13 bridgehead atoms. The topological polar surface area (TPSA) is 395 Å². The lowest BCUT2D eigenvalue weighted by Crippen LogP contribution is -2.70. The number of hydrogen-bond donors (Lipinski definition) is 8. The lowest BCUT2D eigenvalue weighted by Gasteiger charge is -2.54. The molecule has 9 fully saturated rings. The predicted octanol–water partition coefficient (Wildman–Crippen LogP) is 3.09. The zero-order valence-corrected chi connectivity index (χ0v) is 60.7. The van der Waals surface area contributed by atoms with Crippen LogP contribution in [0.5, 0.6) is 0 Å². The Bertz CT molecular complexity index is 3050. The Morgan fingerprint density at radius 3 is 2.11 bits per heavy atom. The third-order valence-corrected chi connectivity index (χ3v) is 21.5. The van der Waals surface area contributed by atoms with Gasteiger partial charge in [0.05, 0.1) is 140 Å². The fourth-order valence-corrected chi connectivity index (χ4v) is 16.4. The normalized spacial score (nSPS) is 33.9. The first-order valence-electron chi connectivity index (χ1n) is 37.7. The van der Waals surface area contributed by atoms with Gasteiger partial charge in [-0.05, 0) is 92.9 Å². The van der Waals surface area contributed by atoms with E-state index in [0.717, 1.165) is 37.0 Å². The largest absolute Gasteiger partial charge is 0.445 e. The second-order valence-electron chi connectivity index (χ2n) is 29.5. The molecule has 1 aromatic rings. The average molecular weight is 1470 g/mol. The number of carbonyl (C=O) groups is 6. The summed E-state index contributed by atoms with van der Waals surface area (Å²) in [5, 5.41) is 25.1. The molecule has 13 rings (SSSR count). The van der Waals surface area contributed by atoms with Gasteiger partial charge >= 0.3 is 12.1 Å². The molecule has 0 aliphatic carbocycles. The first kappa shape index (κ1) is 79.6. The van der Waals surface area contributed by atoms with Crippen LogP contribution in [0.1, 0.15) is 129 Å². The number of rotatable bonds is 37. The number of ether oxygens (including phenoxy) is 16. The van der Waals surface area contributed by atoms with Crippen LogP contribution in [-0.4, -0.2) is 268 Å². The highest BCUT2D eigenvalue weighted by molar-refractivity contribution is 5.98. The van der Waals surface area contributed by atoms with Crippen molar-refractivity contribution in [1.82, 2.24) is 21.3 Å². The van der Waals surface area contributed by atoms with Crippen LogP contribution in [0.4, 0.5) is 15.3 Å². The van der Waals surface area contributed by atoms with E-state index in [0.29, 0.717) is 116 Å². The number of anilines is 1. The molecule has 12 aliphatic heterocycles. The minimum Gasteiger partial charge on any atom is -0.445 e. The minimum absolute atomic E-state index is 0.0162. The van der Waals surface area contributed by atoms with Crippen LogP contribution in [0.15, 0.2) is 41.4 Å². The number of aliphatic hydroxyl groups excluding tert-OH is 1. The van der Waals surface area contributed by atoms with Gasteiger partial charge in [0, 0.05) is 89.0 Å². The summed E-state index contributed by atoms with van der Waals surface area (Å²) in [7, 11) is 1.59. The van der Waals surface area contributed by atoms with E-state index in [4.69, 9.17) is 92.2 Å². The van der Waals surface area contributed by atoms with Gasteiger partial charge in [0.25, 0.3) is 0 Å². The van der Waals surface area contributed by atoms with E-state index < -0.39 is 114 Å². The second-order valence-corrected chi connectivity index (χ2v) is 29.5. The predicted molar refractivity (Wildman–Crippen MR) is 372 cm³/mol. The zero-order valence-electron chi connectivity index (χ0n) is 60.7. The number of methoxy groups -OCH3 is 1. The number of nitrogens with one attached hydrogen (secondary N) is 5. The Kier molecular flexibility index (Phi) is 29.2. The van der Waals surface area contributed by atoms with Crippen molar-refractivity contribution in [1.29, 1.82) is 0 Å². The molecule has 12 heterocycles. The van der Waals surface area contributed by atoms with Gasteiger partial charge in [-0.3, -0.25) is 24.2 Å². The first-order valence-corrected chi connectivity index (χ1v) is 37.7.